The third kappa shape index (κ3) is 6.08. The van der Waals surface area contributed by atoms with Crippen molar-refractivity contribution in [2.24, 2.45) is 0 Å². The Kier molecular flexibility index (Phi) is 8.72. The van der Waals surface area contributed by atoms with E-state index >= 15 is 0 Å². The van der Waals surface area contributed by atoms with Gasteiger partial charge in [-0.05, 0) is 68.4 Å². The van der Waals surface area contributed by atoms with E-state index in [-0.39, 0.29) is 24.2 Å². The van der Waals surface area contributed by atoms with Gasteiger partial charge in [-0.1, -0.05) is 55.0 Å². The van der Waals surface area contributed by atoms with E-state index in [1.165, 1.54) is 6.07 Å². The van der Waals surface area contributed by atoms with E-state index in [9.17, 15) is 20.0 Å². The van der Waals surface area contributed by atoms with Gasteiger partial charge in [-0.25, -0.2) is 9.59 Å². The molecule has 1 heterocycles. The minimum Gasteiger partial charge on any atom is -0.478 e. The smallest absolute Gasteiger partial charge is 0.478 e. The molecule has 0 amide bonds. The molecular formula is C33H33N3O6. The molecule has 0 radical (unpaired) electrons. The number of carboxylic acids is 1. The lowest BCUT2D eigenvalue weighted by Crippen LogP contribution is -2.22. The van der Waals surface area contributed by atoms with Crippen molar-refractivity contribution in [3.05, 3.63) is 82.9 Å². The summed E-state index contributed by atoms with van der Waals surface area (Å²) in [5.41, 5.74) is 4.58. The van der Waals surface area contributed by atoms with Crippen LogP contribution in [0.1, 0.15) is 79.1 Å². The van der Waals surface area contributed by atoms with Crippen LogP contribution in [-0.2, 0) is 16.0 Å². The standard InChI is InChI=1S/C33H33N3O6/c1-3-40-32-35-29-26(21(2)41-33(39)42-25-10-5-4-6-11-25)17-18-28(31(37)38)30(29)36(32)20-22-13-15-23(16-14-22)27-12-8-7-9-24(27)19-34/h7-9,12-18,21,25H,3-6,10-11,20H2,1-2H3,(H,37,38). The van der Waals surface area contributed by atoms with Crippen molar-refractivity contribution in [3.63, 3.8) is 0 Å². The van der Waals surface area contributed by atoms with Gasteiger partial charge < -0.3 is 19.3 Å². The van der Waals surface area contributed by atoms with E-state index in [0.717, 1.165) is 48.8 Å². The first-order valence-corrected chi connectivity index (χ1v) is 14.2. The van der Waals surface area contributed by atoms with Crippen LogP contribution in [0, 0.1) is 11.3 Å². The van der Waals surface area contributed by atoms with Crippen molar-refractivity contribution in [2.75, 3.05) is 6.61 Å². The van der Waals surface area contributed by atoms with Crippen molar-refractivity contribution in [3.8, 4) is 23.2 Å². The number of aromatic carboxylic acids is 1. The zero-order valence-corrected chi connectivity index (χ0v) is 23.7. The van der Waals surface area contributed by atoms with Gasteiger partial charge in [0.1, 0.15) is 17.7 Å². The maximum Gasteiger partial charge on any atom is 0.509 e. The molecular weight excluding hydrogens is 534 g/mol. The fraction of sp³-hybridized carbons (Fsp3) is 0.333. The molecule has 42 heavy (non-hydrogen) atoms. The molecule has 1 saturated carbocycles. The van der Waals surface area contributed by atoms with Crippen molar-refractivity contribution in [1.29, 1.82) is 5.26 Å². The van der Waals surface area contributed by atoms with E-state index < -0.39 is 18.2 Å². The molecule has 1 aromatic heterocycles. The predicted molar refractivity (Wildman–Crippen MR) is 156 cm³/mol. The van der Waals surface area contributed by atoms with Gasteiger partial charge in [0.15, 0.2) is 0 Å². The second-order valence-corrected chi connectivity index (χ2v) is 10.4. The SMILES string of the molecule is CCOc1nc2c(C(C)OC(=O)OC3CCCCC3)ccc(C(=O)O)c2n1Cc1ccc(-c2ccccc2C#N)cc1. The van der Waals surface area contributed by atoms with Crippen molar-refractivity contribution in [2.45, 2.75) is 64.7 Å². The Balaban J connectivity index is 1.48. The number of hydrogen-bond acceptors (Lipinski definition) is 7. The number of nitriles is 1. The molecule has 3 aromatic carbocycles. The Labute approximate surface area is 244 Å². The molecule has 1 aliphatic carbocycles. The number of imidazole rings is 1. The average molecular weight is 568 g/mol. The van der Waals surface area contributed by atoms with E-state index in [1.807, 2.05) is 49.4 Å². The van der Waals surface area contributed by atoms with Crippen LogP contribution < -0.4 is 4.74 Å². The molecule has 4 aromatic rings. The molecule has 1 atom stereocenters. The third-order valence-electron chi connectivity index (χ3n) is 7.57. The van der Waals surface area contributed by atoms with E-state index in [2.05, 4.69) is 11.1 Å². The fourth-order valence-corrected chi connectivity index (χ4v) is 5.48. The highest BCUT2D eigenvalue weighted by Gasteiger charge is 2.26. The molecule has 1 aliphatic rings. The first kappa shape index (κ1) is 28.7. The van der Waals surface area contributed by atoms with Crippen LogP contribution in [0.4, 0.5) is 4.79 Å². The van der Waals surface area contributed by atoms with Crippen molar-refractivity contribution < 1.29 is 28.9 Å². The van der Waals surface area contributed by atoms with Crippen LogP contribution in [0.5, 0.6) is 6.01 Å². The van der Waals surface area contributed by atoms with Gasteiger partial charge in [0.05, 0.1) is 35.9 Å². The molecule has 0 bridgehead atoms. The van der Waals surface area contributed by atoms with Crippen molar-refractivity contribution in [1.82, 2.24) is 9.55 Å². The van der Waals surface area contributed by atoms with Gasteiger partial charge in [0.2, 0.25) is 0 Å². The molecule has 1 N–H and O–H groups in total. The highest BCUT2D eigenvalue weighted by Crippen LogP contribution is 2.34. The normalized spacial score (nSPS) is 14.2. The third-order valence-corrected chi connectivity index (χ3v) is 7.57. The Morgan fingerprint density at radius 3 is 2.50 bits per heavy atom. The largest absolute Gasteiger partial charge is 0.509 e. The number of aromatic nitrogens is 2. The van der Waals surface area contributed by atoms with E-state index in [1.54, 1.807) is 23.6 Å². The Morgan fingerprint density at radius 2 is 1.81 bits per heavy atom. The first-order chi connectivity index (χ1) is 20.4. The molecule has 5 rings (SSSR count). The topological polar surface area (TPSA) is 124 Å². The summed E-state index contributed by atoms with van der Waals surface area (Å²) in [6, 6.07) is 20.7. The maximum absolute atomic E-state index is 12.6. The number of carbonyl (C=O) groups is 2. The maximum atomic E-state index is 12.6. The Hall–Kier alpha value is -4.84. The second kappa shape index (κ2) is 12.8. The van der Waals surface area contributed by atoms with Crippen LogP contribution in [0.3, 0.4) is 0 Å². The fourth-order valence-electron chi connectivity index (χ4n) is 5.48. The lowest BCUT2D eigenvalue weighted by atomic mass is 9.98. The van der Waals surface area contributed by atoms with Gasteiger partial charge in [0, 0.05) is 5.56 Å². The summed E-state index contributed by atoms with van der Waals surface area (Å²) in [5.74, 6) is -1.11. The molecule has 0 aliphatic heterocycles. The van der Waals surface area contributed by atoms with Crippen LogP contribution in [0.15, 0.2) is 60.7 Å². The lowest BCUT2D eigenvalue weighted by molar-refractivity contribution is -0.00726. The number of ether oxygens (including phenoxy) is 3. The molecule has 1 unspecified atom stereocenters. The minimum absolute atomic E-state index is 0.0590. The molecule has 0 spiro atoms. The van der Waals surface area contributed by atoms with Crippen LogP contribution in [-0.4, -0.2) is 39.5 Å². The van der Waals surface area contributed by atoms with Gasteiger partial charge >= 0.3 is 12.1 Å². The summed E-state index contributed by atoms with van der Waals surface area (Å²) >= 11 is 0. The number of nitrogens with zero attached hydrogens (tertiary/aromatic N) is 3. The molecule has 9 heteroatoms. The molecule has 0 saturated heterocycles. The zero-order chi connectivity index (χ0) is 29.6. The minimum atomic E-state index is -1.11. The van der Waals surface area contributed by atoms with Gasteiger partial charge in [-0.15, -0.1) is 0 Å². The number of rotatable bonds is 9. The monoisotopic (exact) mass is 567 g/mol. The lowest BCUT2D eigenvalue weighted by Gasteiger charge is -2.22. The zero-order valence-electron chi connectivity index (χ0n) is 23.7. The quantitative estimate of drug-likeness (QED) is 0.210. The average Bonchev–Trinajstić information content (AvgIpc) is 3.35. The molecule has 9 nitrogen and oxygen atoms in total. The van der Waals surface area contributed by atoms with Crippen LogP contribution >= 0.6 is 0 Å². The van der Waals surface area contributed by atoms with Crippen molar-refractivity contribution >= 4 is 23.2 Å². The van der Waals surface area contributed by atoms with Crippen LogP contribution in [0.25, 0.3) is 22.2 Å². The van der Waals surface area contributed by atoms with Gasteiger partial charge in [-0.3, -0.25) is 4.57 Å². The van der Waals surface area contributed by atoms with Crippen LogP contribution in [0.2, 0.25) is 0 Å². The number of benzene rings is 3. The number of hydrogen-bond donors (Lipinski definition) is 1. The number of carboxylic acid groups (broad SMARTS) is 1. The van der Waals surface area contributed by atoms with E-state index in [4.69, 9.17) is 14.2 Å². The molecule has 216 valence electrons. The summed E-state index contributed by atoms with van der Waals surface area (Å²) in [6.07, 6.45) is 3.23. The summed E-state index contributed by atoms with van der Waals surface area (Å²) < 4.78 is 18.8. The van der Waals surface area contributed by atoms with Gasteiger partial charge in [-0.2, -0.15) is 10.2 Å². The Morgan fingerprint density at radius 1 is 1.07 bits per heavy atom. The number of carbonyl (C=O) groups excluding carboxylic acids is 1. The second-order valence-electron chi connectivity index (χ2n) is 10.4. The van der Waals surface area contributed by atoms with Gasteiger partial charge in [0.25, 0.3) is 6.01 Å². The first-order valence-electron chi connectivity index (χ1n) is 14.2. The predicted octanol–water partition coefficient (Wildman–Crippen LogP) is 7.27. The summed E-state index contributed by atoms with van der Waals surface area (Å²) in [6.45, 7) is 4.16. The summed E-state index contributed by atoms with van der Waals surface area (Å²) in [5, 5.41) is 19.6. The highest BCUT2D eigenvalue weighted by atomic mass is 16.7. The summed E-state index contributed by atoms with van der Waals surface area (Å²) in [4.78, 5) is 29.6. The Bertz CT molecular complexity index is 1630. The number of fused-ring (bicyclic) bond motifs is 1. The summed E-state index contributed by atoms with van der Waals surface area (Å²) in [7, 11) is 0. The molecule has 1 fully saturated rings. The van der Waals surface area contributed by atoms with E-state index in [0.29, 0.717) is 28.8 Å². The highest BCUT2D eigenvalue weighted by molar-refractivity contribution is 6.02.